The van der Waals surface area contributed by atoms with E-state index in [9.17, 15) is 9.59 Å². The normalized spacial score (nSPS) is 13.6. The molecule has 2 aromatic carbocycles. The molecule has 1 atom stereocenters. The maximum Gasteiger partial charge on any atom is 0.313 e. The number of benzene rings is 2. The molecule has 2 aromatic heterocycles. The second-order valence-corrected chi connectivity index (χ2v) is 15.5. The van der Waals surface area contributed by atoms with Crippen LogP contribution in [0.25, 0.3) is 15.4 Å². The van der Waals surface area contributed by atoms with Crippen molar-refractivity contribution >= 4 is 29.0 Å². The van der Waals surface area contributed by atoms with Gasteiger partial charge in [-0.25, -0.2) is 0 Å². The lowest BCUT2D eigenvalue weighted by Gasteiger charge is -2.20. The fourth-order valence-corrected chi connectivity index (χ4v) is 7.25. The molecule has 0 radical (unpaired) electrons. The number of esters is 2. The van der Waals surface area contributed by atoms with E-state index in [2.05, 4.69) is 28.4 Å². The molecule has 0 spiro atoms. The van der Waals surface area contributed by atoms with Crippen LogP contribution in [-0.4, -0.2) is 92.4 Å². The molecule has 0 unspecified atom stereocenters. The van der Waals surface area contributed by atoms with Crippen LogP contribution in [0.4, 0.5) is 0 Å². The lowest BCUT2D eigenvalue weighted by Crippen LogP contribution is -2.38. The van der Waals surface area contributed by atoms with Crippen molar-refractivity contribution in [3.63, 3.8) is 0 Å². The number of aryl methyl sites for hydroxylation is 1. The Balaban J connectivity index is 1.17. The van der Waals surface area contributed by atoms with Crippen molar-refractivity contribution in [3.8, 4) is 10.8 Å². The van der Waals surface area contributed by atoms with Crippen LogP contribution in [0.1, 0.15) is 78.4 Å². The molecular formula is C41H52N7O8S+. The van der Waals surface area contributed by atoms with Crippen molar-refractivity contribution in [2.24, 2.45) is 10.1 Å². The lowest BCUT2D eigenvalue weighted by molar-refractivity contribution is -0.609. The molecule has 4 aromatic rings. The summed E-state index contributed by atoms with van der Waals surface area (Å²) in [5.74, 6) is 1.25. The van der Waals surface area contributed by atoms with Gasteiger partial charge >= 0.3 is 17.8 Å². The summed E-state index contributed by atoms with van der Waals surface area (Å²) >= 11 is 1.69. The van der Waals surface area contributed by atoms with Crippen LogP contribution in [0.5, 0.6) is 5.75 Å². The summed E-state index contributed by atoms with van der Waals surface area (Å²) in [6, 6.07) is 16.8. The first-order chi connectivity index (χ1) is 27.4. The predicted molar refractivity (Wildman–Crippen MR) is 214 cm³/mol. The zero-order valence-electron chi connectivity index (χ0n) is 33.6. The van der Waals surface area contributed by atoms with Gasteiger partial charge in [0.1, 0.15) is 17.9 Å². The van der Waals surface area contributed by atoms with E-state index in [0.717, 1.165) is 38.8 Å². The van der Waals surface area contributed by atoms with Crippen LogP contribution in [-0.2, 0) is 39.8 Å². The third kappa shape index (κ3) is 12.5. The van der Waals surface area contributed by atoms with Gasteiger partial charge in [-0.15, -0.1) is 16.0 Å². The number of thiophene rings is 1. The first-order valence-electron chi connectivity index (χ1n) is 19.0. The number of nitrogens with zero attached hydrogens (tertiary/aromatic N) is 7. The van der Waals surface area contributed by atoms with E-state index in [-0.39, 0.29) is 25.4 Å². The Morgan fingerprint density at radius 3 is 2.14 bits per heavy atom. The standard InChI is InChI=1S/C41H52N7O8S/c1-28-29(2)57-40-37(28)38(32-10-8-7-9-11-32)44-34(26-36(50)56-41(4,5)6)39-45-47(30(3)48(39)40)27-31-12-14-33(15-13-31)55-35(49)16-18-51-20-22-53-24-25-54-23-21-52-19-17-43-46-42/h7-15,34H,16-27H2,1-6H3/q+1/t34-/m0/s1. The second-order valence-electron chi connectivity index (χ2n) is 14.3. The molecule has 3 heterocycles. The summed E-state index contributed by atoms with van der Waals surface area (Å²) in [5.41, 5.74) is 12.5. The SMILES string of the molecule is Cc1sc2c(c1C)C(c1ccccc1)=N[C@@H](CC(=O)OC(C)(C)C)c1nn(Cc3ccc(OC(=O)CCOCCOCCOCCOCCN=[N+]=[N-])cc3)c(C)[n+]1-2. The molecule has 0 fully saturated rings. The number of carbonyl (C=O) groups is 2. The summed E-state index contributed by atoms with van der Waals surface area (Å²) in [4.78, 5) is 34.9. The van der Waals surface area contributed by atoms with Gasteiger partial charge in [0, 0.05) is 33.9 Å². The van der Waals surface area contributed by atoms with Gasteiger partial charge in [-0.2, -0.15) is 4.57 Å². The van der Waals surface area contributed by atoms with Crippen molar-refractivity contribution in [2.75, 3.05) is 59.4 Å². The molecule has 16 heteroatoms. The third-order valence-corrected chi connectivity index (χ3v) is 10.0. The van der Waals surface area contributed by atoms with Crippen LogP contribution in [0.3, 0.4) is 0 Å². The minimum absolute atomic E-state index is 0.0342. The van der Waals surface area contributed by atoms with Gasteiger partial charge in [-0.3, -0.25) is 14.6 Å². The topological polar surface area (TPSA) is 172 Å². The molecule has 1 aliphatic rings. The maximum absolute atomic E-state index is 13.3. The van der Waals surface area contributed by atoms with E-state index in [0.29, 0.717) is 70.9 Å². The highest BCUT2D eigenvalue weighted by Gasteiger charge is 2.39. The number of carbonyl (C=O) groups excluding carboxylic acids is 2. The highest BCUT2D eigenvalue weighted by molar-refractivity contribution is 7.14. The van der Waals surface area contributed by atoms with Crippen molar-refractivity contribution in [3.05, 3.63) is 104 Å². The average molecular weight is 803 g/mol. The van der Waals surface area contributed by atoms with Gasteiger partial charge < -0.3 is 28.4 Å². The van der Waals surface area contributed by atoms with Crippen LogP contribution >= 0.6 is 11.3 Å². The average Bonchev–Trinajstić information content (AvgIpc) is 3.60. The number of aromatic nitrogens is 3. The van der Waals surface area contributed by atoms with E-state index in [1.54, 1.807) is 23.5 Å². The Bertz CT molecular complexity index is 2030. The van der Waals surface area contributed by atoms with Crippen molar-refractivity contribution in [2.45, 2.75) is 72.6 Å². The molecule has 15 nitrogen and oxygen atoms in total. The Morgan fingerprint density at radius 2 is 1.51 bits per heavy atom. The number of hydrogen-bond acceptors (Lipinski definition) is 12. The molecule has 5 rings (SSSR count). The molecule has 0 saturated heterocycles. The van der Waals surface area contributed by atoms with Crippen LogP contribution < -0.4 is 9.30 Å². The predicted octanol–water partition coefficient (Wildman–Crippen LogP) is 6.49. The molecule has 0 saturated carbocycles. The zero-order chi connectivity index (χ0) is 40.8. The Labute approximate surface area is 337 Å². The maximum atomic E-state index is 13.3. The van der Waals surface area contributed by atoms with E-state index >= 15 is 0 Å². The van der Waals surface area contributed by atoms with Crippen LogP contribution in [0, 0.1) is 20.8 Å². The second kappa shape index (κ2) is 21.0. The van der Waals surface area contributed by atoms with Crippen molar-refractivity contribution < 1.29 is 42.6 Å². The summed E-state index contributed by atoms with van der Waals surface area (Å²) in [5, 5.41) is 9.51. The van der Waals surface area contributed by atoms with Gasteiger partial charge in [0.05, 0.1) is 77.0 Å². The Morgan fingerprint density at radius 1 is 0.877 bits per heavy atom. The summed E-state index contributed by atoms with van der Waals surface area (Å²) in [6.07, 6.45) is 0.134. The Hall–Kier alpha value is -4.96. The highest BCUT2D eigenvalue weighted by atomic mass is 32.1. The van der Waals surface area contributed by atoms with E-state index in [1.165, 1.54) is 4.88 Å². The number of hydrogen-bond donors (Lipinski definition) is 0. The fraction of sp³-hybridized carbons (Fsp3) is 0.488. The largest absolute Gasteiger partial charge is 0.460 e. The van der Waals surface area contributed by atoms with Gasteiger partial charge in [0.25, 0.3) is 0 Å². The summed E-state index contributed by atoms with van der Waals surface area (Å²) < 4.78 is 37.0. The molecule has 0 aliphatic carbocycles. The molecule has 304 valence electrons. The summed E-state index contributed by atoms with van der Waals surface area (Å²) in [6.45, 7) is 15.6. The number of azide groups is 1. The third-order valence-electron chi connectivity index (χ3n) is 8.82. The van der Waals surface area contributed by atoms with Crippen molar-refractivity contribution in [1.29, 1.82) is 0 Å². The number of fused-ring (bicyclic) bond motifs is 3. The molecule has 57 heavy (non-hydrogen) atoms. The van der Waals surface area contributed by atoms with Crippen LogP contribution in [0.2, 0.25) is 0 Å². The molecule has 0 N–H and O–H groups in total. The number of rotatable bonds is 21. The van der Waals surface area contributed by atoms with E-state index in [4.69, 9.17) is 44.0 Å². The number of aliphatic imine (C=N–C) groups is 1. The van der Waals surface area contributed by atoms with Crippen LogP contribution in [0.15, 0.2) is 64.7 Å². The minimum Gasteiger partial charge on any atom is -0.460 e. The minimum atomic E-state index is -0.638. The number of ether oxygens (including phenoxy) is 6. The molecule has 1 aliphatic heterocycles. The van der Waals surface area contributed by atoms with Gasteiger partial charge in [0.15, 0.2) is 11.0 Å². The molecule has 0 bridgehead atoms. The molecular weight excluding hydrogens is 751 g/mol. The van der Waals surface area contributed by atoms with Gasteiger partial charge in [0.2, 0.25) is 5.82 Å². The van der Waals surface area contributed by atoms with Gasteiger partial charge in [-0.05, 0) is 63.4 Å². The summed E-state index contributed by atoms with van der Waals surface area (Å²) in [7, 11) is 0. The van der Waals surface area contributed by atoms with Gasteiger partial charge in [-0.1, -0.05) is 47.6 Å². The monoisotopic (exact) mass is 802 g/mol. The quantitative estimate of drug-likeness (QED) is 0.0174. The fourth-order valence-electron chi connectivity index (χ4n) is 6.04. The smallest absolute Gasteiger partial charge is 0.313 e. The zero-order valence-corrected chi connectivity index (χ0v) is 34.4. The first-order valence-corrected chi connectivity index (χ1v) is 19.8. The van der Waals surface area contributed by atoms with E-state index < -0.39 is 17.6 Å². The van der Waals surface area contributed by atoms with Crippen molar-refractivity contribution in [1.82, 2.24) is 9.78 Å². The molecule has 0 amide bonds. The first kappa shape index (κ1) is 43.2. The Kier molecular flexibility index (Phi) is 15.9. The highest BCUT2D eigenvalue weighted by Crippen LogP contribution is 2.36. The van der Waals surface area contributed by atoms with E-state index in [1.807, 2.05) is 74.8 Å². The lowest BCUT2D eigenvalue weighted by atomic mass is 10.00.